The number of amides is 1. The summed E-state index contributed by atoms with van der Waals surface area (Å²) >= 11 is 0. The summed E-state index contributed by atoms with van der Waals surface area (Å²) in [7, 11) is 3.70. The van der Waals surface area contributed by atoms with Gasteiger partial charge in [0.25, 0.3) is 0 Å². The lowest BCUT2D eigenvalue weighted by molar-refractivity contribution is -0.132. The monoisotopic (exact) mass is 384 g/mol. The molecule has 1 aliphatic rings. The van der Waals surface area contributed by atoms with E-state index in [2.05, 4.69) is 17.4 Å². The molecule has 0 aromatic heterocycles. The minimum atomic E-state index is 0. The van der Waals surface area contributed by atoms with Crippen LogP contribution in [-0.2, 0) is 16.0 Å². The normalized spacial score (nSPS) is 14.8. The predicted molar refractivity (Wildman–Crippen MR) is 107 cm³/mol. The molecule has 6 heteroatoms. The van der Waals surface area contributed by atoms with Crippen LogP contribution >= 0.6 is 12.4 Å². The quantitative estimate of drug-likeness (QED) is 0.630. The summed E-state index contributed by atoms with van der Waals surface area (Å²) in [6.45, 7) is 4.16. The Kier molecular flexibility index (Phi) is 11.3. The fraction of sp³-hybridized carbons (Fsp3) is 0.650. The maximum atomic E-state index is 12.3. The second-order valence-electron chi connectivity index (χ2n) is 6.72. The standard InChI is InChI=1S/C20H32N2O3.ClH/c1-21-16-18-9-12-22(13-10-18)20(23)4-3-14-25-19-7-5-17(6-8-19)11-15-24-2;/h5-8,18,21H,3-4,9-16H2,1-2H3;1H. The Morgan fingerprint density at radius 2 is 1.88 bits per heavy atom. The molecule has 0 radical (unpaired) electrons. The smallest absolute Gasteiger partial charge is 0.222 e. The summed E-state index contributed by atoms with van der Waals surface area (Å²) in [6.07, 6.45) is 4.47. The number of halogens is 1. The Morgan fingerprint density at radius 3 is 2.50 bits per heavy atom. The van der Waals surface area contributed by atoms with Gasteiger partial charge in [0.1, 0.15) is 5.75 Å². The first-order valence-corrected chi connectivity index (χ1v) is 9.36. The molecule has 0 atom stereocenters. The molecule has 1 amide bonds. The number of hydrogen-bond donors (Lipinski definition) is 1. The van der Waals surface area contributed by atoms with Gasteiger partial charge in [-0.2, -0.15) is 0 Å². The minimum absolute atomic E-state index is 0. The van der Waals surface area contributed by atoms with Gasteiger partial charge in [-0.15, -0.1) is 12.4 Å². The summed E-state index contributed by atoms with van der Waals surface area (Å²) in [5, 5.41) is 3.23. The van der Waals surface area contributed by atoms with Gasteiger partial charge in [0.05, 0.1) is 13.2 Å². The molecule has 0 saturated carbocycles. The third-order valence-electron chi connectivity index (χ3n) is 4.78. The van der Waals surface area contributed by atoms with Crippen LogP contribution in [0.25, 0.3) is 0 Å². The lowest BCUT2D eigenvalue weighted by Crippen LogP contribution is -2.40. The van der Waals surface area contributed by atoms with Gasteiger partial charge in [0.2, 0.25) is 5.91 Å². The Balaban J connectivity index is 0.00000338. The number of ether oxygens (including phenoxy) is 2. The first kappa shape index (κ1) is 22.7. The number of nitrogens with zero attached hydrogens (tertiary/aromatic N) is 1. The second kappa shape index (κ2) is 13.0. The van der Waals surface area contributed by atoms with E-state index in [1.165, 1.54) is 5.56 Å². The fourth-order valence-electron chi connectivity index (χ4n) is 3.22. The van der Waals surface area contributed by atoms with Crippen molar-refractivity contribution in [2.45, 2.75) is 32.1 Å². The highest BCUT2D eigenvalue weighted by Gasteiger charge is 2.21. The van der Waals surface area contributed by atoms with Crippen LogP contribution < -0.4 is 10.1 Å². The number of carbonyl (C=O) groups excluding carboxylic acids is 1. The molecule has 148 valence electrons. The van der Waals surface area contributed by atoms with Crippen LogP contribution in [0.1, 0.15) is 31.2 Å². The van der Waals surface area contributed by atoms with Crippen molar-refractivity contribution in [1.29, 1.82) is 0 Å². The van der Waals surface area contributed by atoms with Gasteiger partial charge >= 0.3 is 0 Å². The van der Waals surface area contributed by atoms with E-state index in [0.717, 1.165) is 57.7 Å². The number of piperidine rings is 1. The number of methoxy groups -OCH3 is 1. The summed E-state index contributed by atoms with van der Waals surface area (Å²) in [5.74, 6) is 1.84. The average molecular weight is 385 g/mol. The molecule has 26 heavy (non-hydrogen) atoms. The SMILES string of the molecule is CNCC1CCN(C(=O)CCCOc2ccc(CCOC)cc2)CC1.Cl. The summed E-state index contributed by atoms with van der Waals surface area (Å²) in [5.41, 5.74) is 1.24. The van der Waals surface area contributed by atoms with Gasteiger partial charge < -0.3 is 19.7 Å². The average Bonchev–Trinajstić information content (AvgIpc) is 2.65. The lowest BCUT2D eigenvalue weighted by atomic mass is 9.96. The minimum Gasteiger partial charge on any atom is -0.494 e. The number of likely N-dealkylation sites (tertiary alicyclic amines) is 1. The highest BCUT2D eigenvalue weighted by atomic mass is 35.5. The van der Waals surface area contributed by atoms with Crippen LogP contribution in [0.2, 0.25) is 0 Å². The van der Waals surface area contributed by atoms with Gasteiger partial charge in [-0.05, 0) is 62.9 Å². The molecule has 2 rings (SSSR count). The van der Waals surface area contributed by atoms with Gasteiger partial charge in [0.15, 0.2) is 0 Å². The van der Waals surface area contributed by atoms with Crippen molar-refractivity contribution in [3.8, 4) is 5.75 Å². The van der Waals surface area contributed by atoms with Crippen molar-refractivity contribution >= 4 is 18.3 Å². The van der Waals surface area contributed by atoms with Crippen molar-refractivity contribution in [2.24, 2.45) is 5.92 Å². The first-order chi connectivity index (χ1) is 12.2. The molecular weight excluding hydrogens is 352 g/mol. The van der Waals surface area contributed by atoms with Crippen molar-refractivity contribution in [3.63, 3.8) is 0 Å². The van der Waals surface area contributed by atoms with Crippen LogP contribution in [0, 0.1) is 5.92 Å². The molecule has 1 saturated heterocycles. The third-order valence-corrected chi connectivity index (χ3v) is 4.78. The number of hydrogen-bond acceptors (Lipinski definition) is 4. The van der Waals surface area contributed by atoms with Crippen molar-refractivity contribution < 1.29 is 14.3 Å². The zero-order chi connectivity index (χ0) is 17.9. The van der Waals surface area contributed by atoms with E-state index in [9.17, 15) is 4.79 Å². The van der Waals surface area contributed by atoms with Crippen molar-refractivity contribution in [3.05, 3.63) is 29.8 Å². The molecule has 0 aliphatic carbocycles. The maximum absolute atomic E-state index is 12.3. The molecule has 1 aromatic carbocycles. The van der Waals surface area contributed by atoms with Gasteiger partial charge in [-0.25, -0.2) is 0 Å². The zero-order valence-corrected chi connectivity index (χ0v) is 16.9. The number of rotatable bonds is 10. The van der Waals surface area contributed by atoms with Crippen LogP contribution in [0.15, 0.2) is 24.3 Å². The highest BCUT2D eigenvalue weighted by Crippen LogP contribution is 2.18. The van der Waals surface area contributed by atoms with Gasteiger partial charge in [0, 0.05) is 26.6 Å². The fourth-order valence-corrected chi connectivity index (χ4v) is 3.22. The van der Waals surface area contributed by atoms with E-state index in [1.807, 2.05) is 24.1 Å². The Labute approximate surface area is 163 Å². The van der Waals surface area contributed by atoms with E-state index >= 15 is 0 Å². The predicted octanol–water partition coefficient (Wildman–Crippen LogP) is 2.91. The molecule has 0 unspecified atom stereocenters. The molecule has 0 spiro atoms. The molecule has 1 aliphatic heterocycles. The number of benzene rings is 1. The Morgan fingerprint density at radius 1 is 1.19 bits per heavy atom. The maximum Gasteiger partial charge on any atom is 0.222 e. The molecule has 1 N–H and O–H groups in total. The molecule has 1 heterocycles. The molecule has 5 nitrogen and oxygen atoms in total. The highest BCUT2D eigenvalue weighted by molar-refractivity contribution is 5.85. The van der Waals surface area contributed by atoms with Crippen molar-refractivity contribution in [2.75, 3.05) is 47.0 Å². The number of carbonyl (C=O) groups is 1. The van der Waals surface area contributed by atoms with E-state index < -0.39 is 0 Å². The molecular formula is C20H33ClN2O3. The van der Waals surface area contributed by atoms with E-state index in [0.29, 0.717) is 18.9 Å². The van der Waals surface area contributed by atoms with Crippen LogP contribution in [-0.4, -0.2) is 57.8 Å². The topological polar surface area (TPSA) is 50.8 Å². The summed E-state index contributed by atoms with van der Waals surface area (Å²) < 4.78 is 10.8. The van der Waals surface area contributed by atoms with Crippen molar-refractivity contribution in [1.82, 2.24) is 10.2 Å². The number of nitrogens with one attached hydrogen (secondary N) is 1. The van der Waals surface area contributed by atoms with E-state index in [4.69, 9.17) is 9.47 Å². The Bertz CT molecular complexity index is 502. The Hall–Kier alpha value is -1.30. The van der Waals surface area contributed by atoms with Crippen LogP contribution in [0.4, 0.5) is 0 Å². The first-order valence-electron chi connectivity index (χ1n) is 9.36. The largest absolute Gasteiger partial charge is 0.494 e. The summed E-state index contributed by atoms with van der Waals surface area (Å²) in [4.78, 5) is 14.3. The van der Waals surface area contributed by atoms with Gasteiger partial charge in [-0.3, -0.25) is 4.79 Å². The van der Waals surface area contributed by atoms with Gasteiger partial charge in [-0.1, -0.05) is 12.1 Å². The van der Waals surface area contributed by atoms with E-state index in [-0.39, 0.29) is 18.3 Å². The lowest BCUT2D eigenvalue weighted by Gasteiger charge is -2.32. The summed E-state index contributed by atoms with van der Waals surface area (Å²) in [6, 6.07) is 8.10. The molecule has 1 aromatic rings. The zero-order valence-electron chi connectivity index (χ0n) is 16.0. The third kappa shape index (κ3) is 7.94. The molecule has 0 bridgehead atoms. The molecule has 1 fully saturated rings. The van der Waals surface area contributed by atoms with E-state index in [1.54, 1.807) is 7.11 Å². The van der Waals surface area contributed by atoms with Crippen LogP contribution in [0.5, 0.6) is 5.75 Å². The second-order valence-corrected chi connectivity index (χ2v) is 6.72. The van der Waals surface area contributed by atoms with Crippen LogP contribution in [0.3, 0.4) is 0 Å².